The van der Waals surface area contributed by atoms with Gasteiger partial charge in [0.25, 0.3) is 0 Å². The molecule has 2 unspecified atom stereocenters. The standard InChI is InChI=1S/C15H21N5/c1-19-10-4-2-5-11(19)9-12(8-10)20-14-13(18-15(20)16)6-3-7-17-14/h3,6-7,10-12H,2,4-5,8-9H2,1H3,(H2,16,18). The zero-order chi connectivity index (χ0) is 13.7. The molecule has 2 aromatic heterocycles. The SMILES string of the molecule is CN1C2CCCC1CC(n1c(N)nc3cccnc31)C2. The Kier molecular flexibility index (Phi) is 2.70. The molecule has 2 aliphatic rings. The zero-order valence-electron chi connectivity index (χ0n) is 11.9. The van der Waals surface area contributed by atoms with Crippen molar-refractivity contribution in [3.05, 3.63) is 18.3 Å². The highest BCUT2D eigenvalue weighted by atomic mass is 15.2. The number of fused-ring (bicyclic) bond motifs is 3. The summed E-state index contributed by atoms with van der Waals surface area (Å²) in [5.74, 6) is 0.617. The van der Waals surface area contributed by atoms with E-state index in [2.05, 4.69) is 26.5 Å². The maximum absolute atomic E-state index is 6.17. The van der Waals surface area contributed by atoms with Gasteiger partial charge >= 0.3 is 0 Å². The predicted molar refractivity (Wildman–Crippen MR) is 79.4 cm³/mol. The molecule has 106 valence electrons. The maximum atomic E-state index is 6.17. The third kappa shape index (κ3) is 1.73. The second-order valence-electron chi connectivity index (χ2n) is 6.22. The van der Waals surface area contributed by atoms with E-state index in [1.807, 2.05) is 18.3 Å². The van der Waals surface area contributed by atoms with Gasteiger partial charge in [-0.1, -0.05) is 6.42 Å². The van der Waals surface area contributed by atoms with E-state index in [9.17, 15) is 0 Å². The number of anilines is 1. The van der Waals surface area contributed by atoms with E-state index < -0.39 is 0 Å². The van der Waals surface area contributed by atoms with E-state index in [1.165, 1.54) is 32.1 Å². The molecule has 5 nitrogen and oxygen atoms in total. The van der Waals surface area contributed by atoms with Crippen molar-refractivity contribution in [2.45, 2.75) is 50.2 Å². The molecule has 2 aliphatic heterocycles. The lowest BCUT2D eigenvalue weighted by atomic mass is 9.82. The predicted octanol–water partition coefficient (Wildman–Crippen LogP) is 2.20. The number of piperidine rings is 2. The van der Waals surface area contributed by atoms with Gasteiger partial charge in [-0.05, 0) is 44.9 Å². The molecule has 0 radical (unpaired) electrons. The number of imidazole rings is 1. The molecule has 5 heteroatoms. The summed E-state index contributed by atoms with van der Waals surface area (Å²) in [4.78, 5) is 11.5. The number of hydrogen-bond acceptors (Lipinski definition) is 4. The van der Waals surface area contributed by atoms with Gasteiger partial charge in [-0.15, -0.1) is 0 Å². The summed E-state index contributed by atoms with van der Waals surface area (Å²) in [5, 5.41) is 0. The molecule has 2 atom stereocenters. The van der Waals surface area contributed by atoms with Gasteiger partial charge in [0.15, 0.2) is 5.65 Å². The first-order chi connectivity index (χ1) is 9.74. The number of pyridine rings is 1. The van der Waals surface area contributed by atoms with Crippen LogP contribution >= 0.6 is 0 Å². The summed E-state index contributed by atoms with van der Waals surface area (Å²) in [6.07, 6.45) is 8.14. The second kappa shape index (κ2) is 4.45. The Morgan fingerprint density at radius 3 is 2.70 bits per heavy atom. The Hall–Kier alpha value is -1.62. The maximum Gasteiger partial charge on any atom is 0.202 e. The van der Waals surface area contributed by atoms with Gasteiger partial charge in [0.05, 0.1) is 0 Å². The molecule has 4 rings (SSSR count). The van der Waals surface area contributed by atoms with Crippen LogP contribution in [0.25, 0.3) is 11.2 Å². The minimum atomic E-state index is 0.446. The summed E-state index contributed by atoms with van der Waals surface area (Å²) >= 11 is 0. The first-order valence-electron chi connectivity index (χ1n) is 7.54. The van der Waals surface area contributed by atoms with E-state index in [-0.39, 0.29) is 0 Å². The summed E-state index contributed by atoms with van der Waals surface area (Å²) in [5.41, 5.74) is 8.02. The van der Waals surface area contributed by atoms with E-state index >= 15 is 0 Å². The molecule has 2 fully saturated rings. The molecule has 0 aromatic carbocycles. The van der Waals surface area contributed by atoms with Gasteiger partial charge in [-0.2, -0.15) is 0 Å². The van der Waals surface area contributed by atoms with Crippen LogP contribution < -0.4 is 5.73 Å². The van der Waals surface area contributed by atoms with Crippen LogP contribution in [0.5, 0.6) is 0 Å². The van der Waals surface area contributed by atoms with Gasteiger partial charge < -0.3 is 10.6 Å². The van der Waals surface area contributed by atoms with E-state index in [1.54, 1.807) is 0 Å². The lowest BCUT2D eigenvalue weighted by Crippen LogP contribution is -2.50. The molecule has 0 amide bonds. The van der Waals surface area contributed by atoms with Crippen molar-refractivity contribution in [3.8, 4) is 0 Å². The quantitative estimate of drug-likeness (QED) is 0.864. The zero-order valence-corrected chi connectivity index (χ0v) is 11.9. The summed E-state index contributed by atoms with van der Waals surface area (Å²) in [7, 11) is 2.28. The highest BCUT2D eigenvalue weighted by Crippen LogP contribution is 2.39. The molecule has 0 spiro atoms. The smallest absolute Gasteiger partial charge is 0.202 e. The number of rotatable bonds is 1. The number of hydrogen-bond donors (Lipinski definition) is 1. The minimum Gasteiger partial charge on any atom is -0.369 e. The monoisotopic (exact) mass is 271 g/mol. The Morgan fingerprint density at radius 2 is 1.95 bits per heavy atom. The first-order valence-corrected chi connectivity index (χ1v) is 7.54. The average molecular weight is 271 g/mol. The van der Waals surface area contributed by atoms with E-state index in [4.69, 9.17) is 5.73 Å². The molecule has 2 saturated heterocycles. The van der Waals surface area contributed by atoms with Gasteiger partial charge in [-0.25, -0.2) is 9.97 Å². The van der Waals surface area contributed by atoms with Crippen LogP contribution in [-0.2, 0) is 0 Å². The van der Waals surface area contributed by atoms with Crippen molar-refractivity contribution in [1.82, 2.24) is 19.4 Å². The van der Waals surface area contributed by atoms with E-state index in [0.717, 1.165) is 11.2 Å². The van der Waals surface area contributed by atoms with Gasteiger partial charge in [0.1, 0.15) is 5.52 Å². The molecule has 4 heterocycles. The third-order valence-corrected chi connectivity index (χ3v) is 5.16. The lowest BCUT2D eigenvalue weighted by molar-refractivity contribution is 0.0414. The normalized spacial score (nSPS) is 30.8. The van der Waals surface area contributed by atoms with Crippen molar-refractivity contribution in [2.75, 3.05) is 12.8 Å². The molecule has 0 aliphatic carbocycles. The average Bonchev–Trinajstić information content (AvgIpc) is 2.74. The van der Waals surface area contributed by atoms with E-state index in [0.29, 0.717) is 24.1 Å². The van der Waals surface area contributed by atoms with Gasteiger partial charge in [-0.3, -0.25) is 4.57 Å². The van der Waals surface area contributed by atoms with Crippen molar-refractivity contribution >= 4 is 17.1 Å². The fraction of sp³-hybridized carbons (Fsp3) is 0.600. The summed E-state index contributed by atoms with van der Waals surface area (Å²) in [6, 6.07) is 5.73. The number of nitrogen functional groups attached to an aromatic ring is 1. The van der Waals surface area contributed by atoms with Crippen LogP contribution in [0, 0.1) is 0 Å². The lowest BCUT2D eigenvalue weighted by Gasteiger charge is -2.47. The largest absolute Gasteiger partial charge is 0.369 e. The molecular formula is C15H21N5. The molecule has 2 N–H and O–H groups in total. The number of nitrogens with two attached hydrogens (primary N) is 1. The summed E-state index contributed by atoms with van der Waals surface area (Å²) < 4.78 is 2.17. The Morgan fingerprint density at radius 1 is 1.20 bits per heavy atom. The van der Waals surface area contributed by atoms with Crippen molar-refractivity contribution in [3.63, 3.8) is 0 Å². The van der Waals surface area contributed by atoms with Crippen LogP contribution in [0.1, 0.15) is 38.1 Å². The number of nitrogens with zero attached hydrogens (tertiary/aromatic N) is 4. The van der Waals surface area contributed by atoms with Gasteiger partial charge in [0, 0.05) is 24.3 Å². The molecular weight excluding hydrogens is 250 g/mol. The Labute approximate surface area is 118 Å². The first kappa shape index (κ1) is 12.1. The molecule has 2 bridgehead atoms. The highest BCUT2D eigenvalue weighted by Gasteiger charge is 2.37. The Balaban J connectivity index is 1.75. The fourth-order valence-corrected chi connectivity index (χ4v) is 4.11. The van der Waals surface area contributed by atoms with Crippen molar-refractivity contribution in [1.29, 1.82) is 0 Å². The van der Waals surface area contributed by atoms with Gasteiger partial charge in [0.2, 0.25) is 5.95 Å². The molecule has 20 heavy (non-hydrogen) atoms. The third-order valence-electron chi connectivity index (χ3n) is 5.16. The van der Waals surface area contributed by atoms with Crippen molar-refractivity contribution in [2.24, 2.45) is 0 Å². The van der Waals surface area contributed by atoms with Crippen LogP contribution in [0.3, 0.4) is 0 Å². The number of aromatic nitrogens is 3. The van der Waals surface area contributed by atoms with Crippen LogP contribution in [0.4, 0.5) is 5.95 Å². The summed E-state index contributed by atoms with van der Waals surface area (Å²) in [6.45, 7) is 0. The second-order valence-corrected chi connectivity index (χ2v) is 6.22. The topological polar surface area (TPSA) is 60.0 Å². The van der Waals surface area contributed by atoms with Crippen LogP contribution in [0.15, 0.2) is 18.3 Å². The van der Waals surface area contributed by atoms with Crippen molar-refractivity contribution < 1.29 is 0 Å². The van der Waals surface area contributed by atoms with Crippen LogP contribution in [-0.4, -0.2) is 38.6 Å². The fourth-order valence-electron chi connectivity index (χ4n) is 4.11. The highest BCUT2D eigenvalue weighted by molar-refractivity contribution is 5.74. The van der Waals surface area contributed by atoms with Crippen LogP contribution in [0.2, 0.25) is 0 Å². The Bertz CT molecular complexity index is 620. The molecule has 0 saturated carbocycles. The molecule has 2 aromatic rings. The minimum absolute atomic E-state index is 0.446.